The minimum atomic E-state index is -0.0572. The van der Waals surface area contributed by atoms with E-state index in [1.165, 1.54) is 18.7 Å². The lowest BCUT2D eigenvalue weighted by molar-refractivity contribution is -0.138. The van der Waals surface area contributed by atoms with Gasteiger partial charge in [0, 0.05) is 32.1 Å². The summed E-state index contributed by atoms with van der Waals surface area (Å²) in [5.41, 5.74) is 0. The van der Waals surface area contributed by atoms with Crippen molar-refractivity contribution in [3.05, 3.63) is 11.6 Å². The Labute approximate surface area is 137 Å². The van der Waals surface area contributed by atoms with Crippen LogP contribution >= 0.6 is 0 Å². The molecule has 1 aliphatic carbocycles. The largest absolute Gasteiger partial charge is 0.341 e. The summed E-state index contributed by atoms with van der Waals surface area (Å²) in [7, 11) is 0. The predicted octanol–water partition coefficient (Wildman–Crippen LogP) is 1.62. The molecule has 2 fully saturated rings. The Kier molecular flexibility index (Phi) is 3.87. The first-order valence-corrected chi connectivity index (χ1v) is 9.08. The van der Waals surface area contributed by atoms with Crippen molar-refractivity contribution >= 4 is 5.91 Å². The van der Waals surface area contributed by atoms with Crippen molar-refractivity contribution in [1.29, 1.82) is 0 Å². The van der Waals surface area contributed by atoms with Crippen LogP contribution in [0.5, 0.6) is 0 Å². The van der Waals surface area contributed by atoms with Gasteiger partial charge in [0.25, 0.3) is 0 Å². The number of amides is 1. The maximum atomic E-state index is 12.8. The van der Waals surface area contributed by atoms with E-state index in [1.807, 2.05) is 6.92 Å². The number of likely N-dealkylation sites (tertiary alicyclic amines) is 1. The monoisotopic (exact) mass is 317 g/mol. The summed E-state index contributed by atoms with van der Waals surface area (Å²) in [6, 6.07) is -0.0572. The van der Waals surface area contributed by atoms with Gasteiger partial charge in [-0.3, -0.25) is 9.69 Å². The van der Waals surface area contributed by atoms with E-state index < -0.39 is 0 Å². The van der Waals surface area contributed by atoms with E-state index in [0.29, 0.717) is 5.92 Å². The van der Waals surface area contributed by atoms with Gasteiger partial charge in [0.2, 0.25) is 5.91 Å². The molecule has 1 atom stereocenters. The number of nitrogens with zero attached hydrogens (tertiary/aromatic N) is 5. The molecule has 1 saturated heterocycles. The Balaban J connectivity index is 1.41. The van der Waals surface area contributed by atoms with Crippen LogP contribution in [-0.2, 0) is 17.9 Å². The molecule has 23 heavy (non-hydrogen) atoms. The maximum Gasteiger partial charge on any atom is 0.239 e. The van der Waals surface area contributed by atoms with Crippen LogP contribution in [0.15, 0.2) is 0 Å². The number of hydrogen-bond donors (Lipinski definition) is 0. The Bertz CT molecular complexity index is 586. The van der Waals surface area contributed by atoms with E-state index in [0.717, 1.165) is 57.3 Å². The third-order valence-corrected chi connectivity index (χ3v) is 5.75. The van der Waals surface area contributed by atoms with Gasteiger partial charge in [-0.2, -0.15) is 0 Å². The van der Waals surface area contributed by atoms with Crippen molar-refractivity contribution in [2.75, 3.05) is 19.6 Å². The SMILES string of the molecule is CC1CCN(C(=O)[C@H](C)N2CCn3c(nnc3C3CC3)C2)CC1. The van der Waals surface area contributed by atoms with Crippen LogP contribution < -0.4 is 0 Å². The third kappa shape index (κ3) is 2.89. The highest BCUT2D eigenvalue weighted by atomic mass is 16.2. The van der Waals surface area contributed by atoms with Gasteiger partial charge < -0.3 is 9.47 Å². The molecule has 0 unspecified atom stereocenters. The molecule has 4 rings (SSSR count). The van der Waals surface area contributed by atoms with Gasteiger partial charge in [-0.1, -0.05) is 6.92 Å². The van der Waals surface area contributed by atoms with Gasteiger partial charge >= 0.3 is 0 Å². The smallest absolute Gasteiger partial charge is 0.239 e. The third-order valence-electron chi connectivity index (χ3n) is 5.75. The number of fused-ring (bicyclic) bond motifs is 1. The van der Waals surface area contributed by atoms with Crippen molar-refractivity contribution < 1.29 is 4.79 Å². The van der Waals surface area contributed by atoms with Crippen molar-refractivity contribution in [2.24, 2.45) is 5.92 Å². The van der Waals surface area contributed by atoms with Gasteiger partial charge in [-0.15, -0.1) is 10.2 Å². The van der Waals surface area contributed by atoms with Crippen LogP contribution in [0.25, 0.3) is 0 Å². The molecular weight excluding hydrogens is 290 g/mol. The number of aromatic nitrogens is 3. The number of carbonyl (C=O) groups is 1. The van der Waals surface area contributed by atoms with Crippen molar-refractivity contribution in [3.8, 4) is 0 Å². The first-order chi connectivity index (χ1) is 11.1. The number of rotatable bonds is 3. The fourth-order valence-corrected chi connectivity index (χ4v) is 3.82. The van der Waals surface area contributed by atoms with Crippen LogP contribution in [0, 0.1) is 5.92 Å². The predicted molar refractivity (Wildman–Crippen MR) is 86.8 cm³/mol. The molecule has 1 amide bonds. The van der Waals surface area contributed by atoms with E-state index in [1.54, 1.807) is 0 Å². The Morgan fingerprint density at radius 3 is 2.52 bits per heavy atom. The van der Waals surface area contributed by atoms with Gasteiger partial charge in [-0.25, -0.2) is 0 Å². The van der Waals surface area contributed by atoms with Gasteiger partial charge in [0.05, 0.1) is 12.6 Å². The first kappa shape index (κ1) is 15.1. The van der Waals surface area contributed by atoms with E-state index in [2.05, 4.69) is 31.5 Å². The average molecular weight is 317 g/mol. The summed E-state index contributed by atoms with van der Waals surface area (Å²) < 4.78 is 2.29. The number of hydrogen-bond acceptors (Lipinski definition) is 4. The summed E-state index contributed by atoms with van der Waals surface area (Å²) >= 11 is 0. The summed E-state index contributed by atoms with van der Waals surface area (Å²) in [6.45, 7) is 8.75. The average Bonchev–Trinajstić information content (AvgIpc) is 3.33. The Hall–Kier alpha value is -1.43. The standard InChI is InChI=1S/C17H27N5O/c1-12-5-7-20(8-6-12)17(23)13(2)21-9-10-22-15(11-21)18-19-16(22)14-3-4-14/h12-14H,3-11H2,1-2H3/t13-/m0/s1. The summed E-state index contributed by atoms with van der Waals surface area (Å²) in [6.07, 6.45) is 4.78. The number of piperidine rings is 1. The lowest BCUT2D eigenvalue weighted by atomic mass is 9.98. The molecule has 0 radical (unpaired) electrons. The van der Waals surface area contributed by atoms with Crippen LogP contribution in [0.3, 0.4) is 0 Å². The second kappa shape index (κ2) is 5.89. The molecule has 0 bridgehead atoms. The first-order valence-electron chi connectivity index (χ1n) is 9.08. The molecule has 126 valence electrons. The maximum absolute atomic E-state index is 12.8. The zero-order chi connectivity index (χ0) is 16.0. The second-order valence-corrected chi connectivity index (χ2v) is 7.55. The second-order valence-electron chi connectivity index (χ2n) is 7.55. The molecule has 0 spiro atoms. The molecule has 6 nitrogen and oxygen atoms in total. The summed E-state index contributed by atoms with van der Waals surface area (Å²) in [5.74, 6) is 3.88. The molecule has 2 aliphatic heterocycles. The fourth-order valence-electron chi connectivity index (χ4n) is 3.82. The summed E-state index contributed by atoms with van der Waals surface area (Å²) in [4.78, 5) is 17.1. The Morgan fingerprint density at radius 2 is 1.83 bits per heavy atom. The van der Waals surface area contributed by atoms with Crippen LogP contribution in [0.2, 0.25) is 0 Å². The minimum Gasteiger partial charge on any atom is -0.341 e. The molecule has 0 aromatic carbocycles. The van der Waals surface area contributed by atoms with Crippen LogP contribution in [0.1, 0.15) is 57.1 Å². The highest BCUT2D eigenvalue weighted by molar-refractivity contribution is 5.81. The highest BCUT2D eigenvalue weighted by Gasteiger charge is 2.35. The zero-order valence-corrected chi connectivity index (χ0v) is 14.2. The fraction of sp³-hybridized carbons (Fsp3) is 0.824. The van der Waals surface area contributed by atoms with E-state index >= 15 is 0 Å². The van der Waals surface area contributed by atoms with E-state index in [9.17, 15) is 4.79 Å². The van der Waals surface area contributed by atoms with Crippen molar-refractivity contribution in [1.82, 2.24) is 24.6 Å². The van der Waals surface area contributed by atoms with Gasteiger partial charge in [0.15, 0.2) is 0 Å². The van der Waals surface area contributed by atoms with Crippen LogP contribution in [-0.4, -0.2) is 56.1 Å². The molecule has 3 heterocycles. The molecule has 0 N–H and O–H groups in total. The van der Waals surface area contributed by atoms with Gasteiger partial charge in [-0.05, 0) is 38.5 Å². The zero-order valence-electron chi connectivity index (χ0n) is 14.2. The molecular formula is C17H27N5O. The Morgan fingerprint density at radius 1 is 1.09 bits per heavy atom. The normalized spacial score (nSPS) is 24.5. The minimum absolute atomic E-state index is 0.0572. The van der Waals surface area contributed by atoms with Crippen LogP contribution in [0.4, 0.5) is 0 Å². The van der Waals surface area contributed by atoms with Gasteiger partial charge in [0.1, 0.15) is 11.6 Å². The topological polar surface area (TPSA) is 54.3 Å². The molecule has 1 aromatic rings. The quantitative estimate of drug-likeness (QED) is 0.850. The van der Waals surface area contributed by atoms with E-state index in [-0.39, 0.29) is 11.9 Å². The highest BCUT2D eigenvalue weighted by Crippen LogP contribution is 2.39. The summed E-state index contributed by atoms with van der Waals surface area (Å²) in [5, 5.41) is 8.77. The molecule has 3 aliphatic rings. The lowest BCUT2D eigenvalue weighted by Gasteiger charge is -2.37. The molecule has 1 aromatic heterocycles. The lowest BCUT2D eigenvalue weighted by Crippen LogP contribution is -2.51. The number of carbonyl (C=O) groups excluding carboxylic acids is 1. The molecule has 6 heteroatoms. The van der Waals surface area contributed by atoms with Crippen molar-refractivity contribution in [3.63, 3.8) is 0 Å². The van der Waals surface area contributed by atoms with E-state index in [4.69, 9.17) is 0 Å². The molecule has 1 saturated carbocycles. The van der Waals surface area contributed by atoms with Crippen molar-refractivity contribution in [2.45, 2.75) is 64.6 Å².